The second-order valence-corrected chi connectivity index (χ2v) is 8.62. The zero-order valence-corrected chi connectivity index (χ0v) is 18.1. The number of ketones is 1. The highest BCUT2D eigenvalue weighted by Gasteiger charge is 2.37. The molecule has 0 aromatic heterocycles. The minimum atomic E-state index is -0.461. The molecule has 2 aromatic rings. The zero-order chi connectivity index (χ0) is 21.7. The van der Waals surface area contributed by atoms with Crippen LogP contribution in [0.3, 0.4) is 0 Å². The van der Waals surface area contributed by atoms with Gasteiger partial charge in [-0.25, -0.2) is 0 Å². The van der Waals surface area contributed by atoms with Gasteiger partial charge in [-0.15, -0.1) is 0 Å². The number of carbonyl (C=O) groups is 2. The maximum Gasteiger partial charge on any atom is 0.228 e. The third-order valence-corrected chi connectivity index (χ3v) is 5.12. The van der Waals surface area contributed by atoms with Gasteiger partial charge in [0.15, 0.2) is 5.78 Å². The molecule has 2 aromatic carbocycles. The molecule has 30 heavy (non-hydrogen) atoms. The number of carbonyl (C=O) groups excluding carboxylic acids is 2. The predicted molar refractivity (Wildman–Crippen MR) is 118 cm³/mol. The average molecular weight is 407 g/mol. The molecule has 0 spiro atoms. The van der Waals surface area contributed by atoms with E-state index >= 15 is 0 Å². The number of hydrogen-bond acceptors (Lipinski definition) is 4. The maximum absolute atomic E-state index is 13.4. The molecule has 5 nitrogen and oxygen atoms in total. The van der Waals surface area contributed by atoms with Crippen LogP contribution in [0.2, 0.25) is 0 Å². The third kappa shape index (κ3) is 5.29. The van der Waals surface area contributed by atoms with Crippen molar-refractivity contribution < 1.29 is 14.3 Å². The molecule has 3 rings (SSSR count). The van der Waals surface area contributed by atoms with Crippen LogP contribution in [0.4, 0.5) is 0 Å². The molecule has 1 aliphatic carbocycles. The van der Waals surface area contributed by atoms with E-state index < -0.39 is 5.92 Å². The van der Waals surface area contributed by atoms with Gasteiger partial charge in [-0.05, 0) is 63.4 Å². The summed E-state index contributed by atoms with van der Waals surface area (Å²) in [6, 6.07) is 17.1. The summed E-state index contributed by atoms with van der Waals surface area (Å²) in [5.41, 5.74) is 2.75. The smallest absolute Gasteiger partial charge is 0.228 e. The highest BCUT2D eigenvalue weighted by atomic mass is 16.5. The molecule has 2 N–H and O–H groups in total. The first kappa shape index (κ1) is 21.6. The van der Waals surface area contributed by atoms with Crippen LogP contribution in [0, 0.1) is 5.92 Å². The monoisotopic (exact) mass is 406 g/mol. The van der Waals surface area contributed by atoms with Crippen molar-refractivity contribution in [1.29, 1.82) is 0 Å². The molecule has 1 aliphatic rings. The Bertz CT molecular complexity index is 925. The number of ether oxygens (including phenoxy) is 1. The van der Waals surface area contributed by atoms with Crippen LogP contribution in [-0.2, 0) is 11.3 Å². The van der Waals surface area contributed by atoms with Crippen molar-refractivity contribution in [3.05, 3.63) is 77.0 Å². The van der Waals surface area contributed by atoms with Crippen molar-refractivity contribution in [3.63, 3.8) is 0 Å². The minimum Gasteiger partial charge on any atom is -0.497 e. The van der Waals surface area contributed by atoms with Crippen molar-refractivity contribution in [1.82, 2.24) is 10.6 Å². The van der Waals surface area contributed by atoms with E-state index in [1.165, 1.54) is 0 Å². The molecule has 0 radical (unpaired) electrons. The van der Waals surface area contributed by atoms with Crippen LogP contribution < -0.4 is 15.4 Å². The fraction of sp³-hybridized carbons (Fsp3) is 0.360. The number of benzene rings is 2. The molecular weight excluding hydrogens is 376 g/mol. The van der Waals surface area contributed by atoms with Crippen LogP contribution in [-0.4, -0.2) is 24.3 Å². The second kappa shape index (κ2) is 9.16. The molecule has 1 atom stereocenters. The summed E-state index contributed by atoms with van der Waals surface area (Å²) in [4.78, 5) is 26.4. The molecule has 1 amide bonds. The molecule has 0 fully saturated rings. The molecule has 0 bridgehead atoms. The van der Waals surface area contributed by atoms with Gasteiger partial charge in [-0.2, -0.15) is 0 Å². The van der Waals surface area contributed by atoms with Crippen molar-refractivity contribution >= 4 is 11.7 Å². The molecule has 0 heterocycles. The lowest BCUT2D eigenvalue weighted by Crippen LogP contribution is -2.44. The van der Waals surface area contributed by atoms with E-state index in [1.807, 2.05) is 51.1 Å². The Hall–Kier alpha value is -3.08. The average Bonchev–Trinajstić information content (AvgIpc) is 3.15. The molecule has 0 saturated heterocycles. The second-order valence-electron chi connectivity index (χ2n) is 8.62. The van der Waals surface area contributed by atoms with Crippen molar-refractivity contribution in [3.8, 4) is 5.75 Å². The SMILES string of the molecule is COc1ccc(C(=O)C2=C(NCc3ccccc3)CCC2C(=O)NC(C)(C)C)cc1. The number of nitrogens with one attached hydrogen (secondary N) is 2. The molecular formula is C25H30N2O3. The van der Waals surface area contributed by atoms with Crippen LogP contribution in [0.15, 0.2) is 65.9 Å². The van der Waals surface area contributed by atoms with E-state index in [0.717, 1.165) is 11.3 Å². The van der Waals surface area contributed by atoms with Gasteiger partial charge in [0.1, 0.15) is 5.75 Å². The third-order valence-electron chi connectivity index (χ3n) is 5.12. The lowest BCUT2D eigenvalue weighted by atomic mass is 9.92. The first-order valence-corrected chi connectivity index (χ1v) is 10.3. The first-order valence-electron chi connectivity index (χ1n) is 10.3. The number of Topliss-reactive ketones (excluding diaryl/α,β-unsaturated/α-hetero) is 1. The van der Waals surface area contributed by atoms with E-state index in [0.29, 0.717) is 36.3 Å². The van der Waals surface area contributed by atoms with Crippen molar-refractivity contribution in [2.45, 2.75) is 45.7 Å². The number of methoxy groups -OCH3 is 1. The van der Waals surface area contributed by atoms with Crippen LogP contribution >= 0.6 is 0 Å². The summed E-state index contributed by atoms with van der Waals surface area (Å²) in [6.45, 7) is 6.46. The molecule has 0 saturated carbocycles. The van der Waals surface area contributed by atoms with Gasteiger partial charge in [0.25, 0.3) is 0 Å². The van der Waals surface area contributed by atoms with Gasteiger partial charge in [0, 0.05) is 28.9 Å². The largest absolute Gasteiger partial charge is 0.497 e. The van der Waals surface area contributed by atoms with Crippen LogP contribution in [0.1, 0.15) is 49.5 Å². The van der Waals surface area contributed by atoms with Crippen molar-refractivity contribution in [2.75, 3.05) is 7.11 Å². The highest BCUT2D eigenvalue weighted by molar-refractivity contribution is 6.12. The Morgan fingerprint density at radius 1 is 1.03 bits per heavy atom. The number of amides is 1. The van der Waals surface area contributed by atoms with E-state index in [9.17, 15) is 9.59 Å². The van der Waals surface area contributed by atoms with Gasteiger partial charge in [-0.1, -0.05) is 30.3 Å². The summed E-state index contributed by atoms with van der Waals surface area (Å²) in [5.74, 6) is 0.0177. The lowest BCUT2D eigenvalue weighted by molar-refractivity contribution is -0.125. The highest BCUT2D eigenvalue weighted by Crippen LogP contribution is 2.34. The van der Waals surface area contributed by atoms with Crippen molar-refractivity contribution in [2.24, 2.45) is 5.92 Å². The van der Waals surface area contributed by atoms with Gasteiger partial charge in [0.2, 0.25) is 5.91 Å². The fourth-order valence-electron chi connectivity index (χ4n) is 3.68. The topological polar surface area (TPSA) is 67.4 Å². The standard InChI is InChI=1S/C25H30N2O3/c1-25(2,3)27-24(29)20-14-15-21(26-16-17-8-6-5-7-9-17)22(20)23(28)18-10-12-19(30-4)13-11-18/h5-13,20,26H,14-16H2,1-4H3,(H,27,29). The van der Waals surface area contributed by atoms with Gasteiger partial charge >= 0.3 is 0 Å². The summed E-state index contributed by atoms with van der Waals surface area (Å²) in [7, 11) is 1.59. The van der Waals surface area contributed by atoms with Crippen LogP contribution in [0.25, 0.3) is 0 Å². The Morgan fingerprint density at radius 2 is 1.70 bits per heavy atom. The van der Waals surface area contributed by atoms with Gasteiger partial charge < -0.3 is 15.4 Å². The summed E-state index contributed by atoms with van der Waals surface area (Å²) < 4.78 is 5.20. The Labute approximate surface area is 178 Å². The minimum absolute atomic E-state index is 0.101. The molecule has 0 aliphatic heterocycles. The Kier molecular flexibility index (Phi) is 6.60. The molecule has 158 valence electrons. The quantitative estimate of drug-likeness (QED) is 0.675. The zero-order valence-electron chi connectivity index (χ0n) is 18.1. The number of hydrogen-bond donors (Lipinski definition) is 2. The maximum atomic E-state index is 13.4. The lowest BCUT2D eigenvalue weighted by Gasteiger charge is -2.24. The molecule has 5 heteroatoms. The number of allylic oxidation sites excluding steroid dienone is 1. The van der Waals surface area contributed by atoms with Gasteiger partial charge in [-0.3, -0.25) is 9.59 Å². The number of rotatable bonds is 7. The van der Waals surface area contributed by atoms with E-state index in [1.54, 1.807) is 31.4 Å². The van der Waals surface area contributed by atoms with Crippen LogP contribution in [0.5, 0.6) is 5.75 Å². The van der Waals surface area contributed by atoms with E-state index in [4.69, 9.17) is 4.74 Å². The first-order chi connectivity index (χ1) is 14.3. The predicted octanol–water partition coefficient (Wildman–Crippen LogP) is 4.25. The van der Waals surface area contributed by atoms with E-state index in [-0.39, 0.29) is 17.2 Å². The fourth-order valence-corrected chi connectivity index (χ4v) is 3.68. The van der Waals surface area contributed by atoms with Gasteiger partial charge in [0.05, 0.1) is 13.0 Å². The Balaban J connectivity index is 1.90. The summed E-state index contributed by atoms with van der Waals surface area (Å²) in [6.07, 6.45) is 1.29. The Morgan fingerprint density at radius 3 is 2.30 bits per heavy atom. The normalized spacial score (nSPS) is 16.3. The molecule has 1 unspecified atom stereocenters. The summed E-state index contributed by atoms with van der Waals surface area (Å²) in [5, 5.41) is 6.46. The summed E-state index contributed by atoms with van der Waals surface area (Å²) >= 11 is 0. The van der Waals surface area contributed by atoms with E-state index in [2.05, 4.69) is 10.6 Å².